The van der Waals surface area contributed by atoms with Gasteiger partial charge in [0.1, 0.15) is 0 Å². The van der Waals surface area contributed by atoms with Crippen LogP contribution in [0.1, 0.15) is 63.3 Å². The number of rotatable bonds is 6. The Hall–Kier alpha value is -0.870. The van der Waals surface area contributed by atoms with Gasteiger partial charge >= 0.3 is 0 Å². The van der Waals surface area contributed by atoms with Crippen LogP contribution >= 0.6 is 11.3 Å². The van der Waals surface area contributed by atoms with Crippen LogP contribution in [0.2, 0.25) is 0 Å². The van der Waals surface area contributed by atoms with Crippen molar-refractivity contribution >= 4 is 17.2 Å². The Morgan fingerprint density at radius 3 is 2.68 bits per heavy atom. The van der Waals surface area contributed by atoms with E-state index in [0.717, 1.165) is 6.42 Å². The van der Waals surface area contributed by atoms with Crippen molar-refractivity contribution in [2.24, 2.45) is 11.8 Å². The molecular formula is C18H28N2OS. The Bertz CT molecular complexity index is 473. The van der Waals surface area contributed by atoms with E-state index < -0.39 is 0 Å². The number of piperidine rings is 1. The van der Waals surface area contributed by atoms with Crippen molar-refractivity contribution in [1.82, 2.24) is 10.6 Å². The Balaban J connectivity index is 1.54. The minimum atomic E-state index is 0.186. The molecule has 0 aliphatic carbocycles. The van der Waals surface area contributed by atoms with E-state index in [1.54, 1.807) is 11.3 Å². The fraction of sp³-hybridized carbons (Fsp3) is 0.722. The van der Waals surface area contributed by atoms with Crippen LogP contribution in [0.3, 0.4) is 0 Å². The second-order valence-electron chi connectivity index (χ2n) is 7.44. The van der Waals surface area contributed by atoms with E-state index in [9.17, 15) is 4.79 Å². The van der Waals surface area contributed by atoms with Gasteiger partial charge in [-0.1, -0.05) is 19.9 Å². The molecule has 4 atom stereocenters. The Labute approximate surface area is 137 Å². The zero-order valence-electron chi connectivity index (χ0n) is 13.7. The van der Waals surface area contributed by atoms with Gasteiger partial charge in [-0.2, -0.15) is 0 Å². The number of thiophene rings is 1. The predicted molar refractivity (Wildman–Crippen MR) is 91.9 cm³/mol. The van der Waals surface area contributed by atoms with Gasteiger partial charge in [-0.25, -0.2) is 0 Å². The number of carbonyl (C=O) groups excluding carboxylic acids is 1. The molecule has 2 aliphatic rings. The lowest BCUT2D eigenvalue weighted by Crippen LogP contribution is -2.40. The number of hydrogen-bond donors (Lipinski definition) is 2. The van der Waals surface area contributed by atoms with Gasteiger partial charge in [-0.3, -0.25) is 4.79 Å². The molecule has 1 unspecified atom stereocenters. The maximum absolute atomic E-state index is 12.5. The number of carbonyl (C=O) groups is 1. The summed E-state index contributed by atoms with van der Waals surface area (Å²) < 4.78 is 0. The zero-order valence-corrected chi connectivity index (χ0v) is 14.5. The minimum absolute atomic E-state index is 0.186. The highest BCUT2D eigenvalue weighted by atomic mass is 32.1. The molecule has 3 heterocycles. The second-order valence-corrected chi connectivity index (χ2v) is 8.42. The fourth-order valence-electron chi connectivity index (χ4n) is 4.06. The Kier molecular flexibility index (Phi) is 5.19. The summed E-state index contributed by atoms with van der Waals surface area (Å²) in [5.41, 5.74) is 0. The molecule has 0 spiro atoms. The molecule has 3 rings (SSSR count). The van der Waals surface area contributed by atoms with Crippen molar-refractivity contribution in [2.45, 2.75) is 70.5 Å². The molecule has 1 amide bonds. The summed E-state index contributed by atoms with van der Waals surface area (Å²) in [6, 6.07) is 5.73. The van der Waals surface area contributed by atoms with Crippen LogP contribution in [-0.4, -0.2) is 18.0 Å². The first-order valence-electron chi connectivity index (χ1n) is 8.69. The summed E-state index contributed by atoms with van der Waals surface area (Å²) in [7, 11) is 0. The number of nitrogens with one attached hydrogen (secondary N) is 2. The maximum Gasteiger partial charge on any atom is 0.220 e. The average Bonchev–Trinajstić information content (AvgIpc) is 3.07. The molecule has 22 heavy (non-hydrogen) atoms. The fourth-order valence-corrected chi connectivity index (χ4v) is 4.86. The maximum atomic E-state index is 12.5. The molecule has 0 radical (unpaired) electrons. The van der Waals surface area contributed by atoms with Crippen LogP contribution < -0.4 is 10.6 Å². The van der Waals surface area contributed by atoms with Gasteiger partial charge in [-0.15, -0.1) is 11.3 Å². The third-order valence-corrected chi connectivity index (χ3v) is 5.96. The van der Waals surface area contributed by atoms with E-state index in [2.05, 4.69) is 42.0 Å². The molecule has 1 aromatic rings. The largest absolute Gasteiger partial charge is 0.348 e. The number of fused-ring (bicyclic) bond motifs is 2. The second kappa shape index (κ2) is 7.14. The highest BCUT2D eigenvalue weighted by molar-refractivity contribution is 7.10. The lowest BCUT2D eigenvalue weighted by atomic mass is 9.89. The van der Waals surface area contributed by atoms with Gasteiger partial charge in [0.2, 0.25) is 5.91 Å². The first kappa shape index (κ1) is 16.0. The lowest BCUT2D eigenvalue weighted by molar-refractivity contribution is -0.123. The lowest BCUT2D eigenvalue weighted by Gasteiger charge is -2.29. The summed E-state index contributed by atoms with van der Waals surface area (Å²) in [6.45, 7) is 4.44. The minimum Gasteiger partial charge on any atom is -0.348 e. The van der Waals surface area contributed by atoms with Crippen LogP contribution in [0.5, 0.6) is 0 Å². The van der Waals surface area contributed by atoms with Gasteiger partial charge in [0.05, 0.1) is 6.04 Å². The Morgan fingerprint density at radius 1 is 1.36 bits per heavy atom. The third-order valence-electron chi connectivity index (χ3n) is 4.97. The topological polar surface area (TPSA) is 41.1 Å². The van der Waals surface area contributed by atoms with Crippen LogP contribution in [0.25, 0.3) is 0 Å². The average molecular weight is 321 g/mol. The van der Waals surface area contributed by atoms with Gasteiger partial charge < -0.3 is 10.6 Å². The summed E-state index contributed by atoms with van der Waals surface area (Å²) >= 11 is 1.75. The van der Waals surface area contributed by atoms with Crippen molar-refractivity contribution in [3.8, 4) is 0 Å². The number of amides is 1. The highest BCUT2D eigenvalue weighted by Gasteiger charge is 2.34. The molecule has 2 fully saturated rings. The van der Waals surface area contributed by atoms with Gasteiger partial charge in [0.25, 0.3) is 0 Å². The summed E-state index contributed by atoms with van der Waals surface area (Å²) in [5, 5.41) is 9.05. The molecule has 2 aliphatic heterocycles. The molecule has 0 aromatic carbocycles. The first-order chi connectivity index (χ1) is 10.6. The smallest absolute Gasteiger partial charge is 0.220 e. The molecule has 1 aromatic heterocycles. The van der Waals surface area contributed by atoms with Crippen molar-refractivity contribution in [3.63, 3.8) is 0 Å². The van der Waals surface area contributed by atoms with E-state index in [1.807, 2.05) is 0 Å². The summed E-state index contributed by atoms with van der Waals surface area (Å²) in [5.74, 6) is 1.40. The van der Waals surface area contributed by atoms with E-state index in [1.165, 1.54) is 30.6 Å². The van der Waals surface area contributed by atoms with E-state index >= 15 is 0 Å². The molecule has 2 saturated heterocycles. The number of hydrogen-bond acceptors (Lipinski definition) is 3. The van der Waals surface area contributed by atoms with Gasteiger partial charge in [-0.05, 0) is 55.4 Å². The molecule has 2 bridgehead atoms. The van der Waals surface area contributed by atoms with Crippen LogP contribution in [0, 0.1) is 11.8 Å². The summed E-state index contributed by atoms with van der Waals surface area (Å²) in [4.78, 5) is 13.8. The van der Waals surface area contributed by atoms with Crippen molar-refractivity contribution in [2.75, 3.05) is 0 Å². The normalized spacial score (nSPS) is 28.8. The van der Waals surface area contributed by atoms with Crippen LogP contribution in [0.15, 0.2) is 17.5 Å². The van der Waals surface area contributed by atoms with Crippen molar-refractivity contribution < 1.29 is 4.79 Å². The van der Waals surface area contributed by atoms with E-state index in [0.29, 0.717) is 30.3 Å². The van der Waals surface area contributed by atoms with Gasteiger partial charge in [0.15, 0.2) is 0 Å². The van der Waals surface area contributed by atoms with Crippen molar-refractivity contribution in [3.05, 3.63) is 22.4 Å². The van der Waals surface area contributed by atoms with Gasteiger partial charge in [0, 0.05) is 23.4 Å². The standard InChI is InChI=1S/C18H28N2OS/c1-12(2)8-16(17-4-3-7-22-17)20-18(21)11-13-9-14-5-6-15(10-13)19-14/h3-4,7,12-16,19H,5-6,8-11H2,1-2H3,(H,20,21)/t13?,14-,15+,16-/m0/s1. The zero-order chi connectivity index (χ0) is 15.5. The van der Waals surface area contributed by atoms with E-state index in [-0.39, 0.29) is 11.9 Å². The highest BCUT2D eigenvalue weighted by Crippen LogP contribution is 2.33. The molecule has 0 saturated carbocycles. The molecule has 2 N–H and O–H groups in total. The van der Waals surface area contributed by atoms with Crippen molar-refractivity contribution in [1.29, 1.82) is 0 Å². The molecule has 122 valence electrons. The molecule has 3 nitrogen and oxygen atoms in total. The quantitative estimate of drug-likeness (QED) is 0.835. The van der Waals surface area contributed by atoms with Crippen LogP contribution in [-0.2, 0) is 4.79 Å². The monoisotopic (exact) mass is 320 g/mol. The Morgan fingerprint density at radius 2 is 2.09 bits per heavy atom. The third kappa shape index (κ3) is 4.11. The van der Waals surface area contributed by atoms with Crippen LogP contribution in [0.4, 0.5) is 0 Å². The summed E-state index contributed by atoms with van der Waals surface area (Å²) in [6.07, 6.45) is 6.68. The predicted octanol–water partition coefficient (Wildman–Crippen LogP) is 3.87. The van der Waals surface area contributed by atoms with E-state index in [4.69, 9.17) is 0 Å². The molecular weight excluding hydrogens is 292 g/mol. The first-order valence-corrected chi connectivity index (χ1v) is 9.57. The molecule has 4 heteroatoms. The SMILES string of the molecule is CC(C)C[C@H](NC(=O)CC1C[C@H]2CC[C@@H](C1)N2)c1cccs1.